The van der Waals surface area contributed by atoms with Gasteiger partial charge >= 0.3 is 0 Å². The fourth-order valence-electron chi connectivity index (χ4n) is 3.32. The SMILES string of the molecule is CCn1c(SCC(=O)N(CCC#N)c2ccc(C)c(C)c2)nnc1N1CCOCC1. The van der Waals surface area contributed by atoms with Gasteiger partial charge in [-0.25, -0.2) is 0 Å². The van der Waals surface area contributed by atoms with Gasteiger partial charge in [0, 0.05) is 31.9 Å². The molecule has 0 unspecified atom stereocenters. The smallest absolute Gasteiger partial charge is 0.237 e. The third-order valence-electron chi connectivity index (χ3n) is 5.18. The number of benzene rings is 1. The number of carbonyl (C=O) groups is 1. The number of aryl methyl sites for hydroxylation is 2. The largest absolute Gasteiger partial charge is 0.378 e. The second-order valence-corrected chi connectivity index (χ2v) is 8.08. The molecule has 1 aliphatic rings. The van der Waals surface area contributed by atoms with E-state index in [1.165, 1.54) is 17.3 Å². The van der Waals surface area contributed by atoms with E-state index in [2.05, 4.69) is 21.2 Å². The molecule has 30 heavy (non-hydrogen) atoms. The van der Waals surface area contributed by atoms with Crippen LogP contribution < -0.4 is 9.80 Å². The maximum absolute atomic E-state index is 13.0. The molecule has 1 aliphatic heterocycles. The van der Waals surface area contributed by atoms with Crippen LogP contribution in [0.2, 0.25) is 0 Å². The van der Waals surface area contributed by atoms with Crippen LogP contribution in [0.4, 0.5) is 11.6 Å². The summed E-state index contributed by atoms with van der Waals surface area (Å²) < 4.78 is 7.46. The summed E-state index contributed by atoms with van der Waals surface area (Å²) in [5, 5.41) is 18.4. The highest BCUT2D eigenvalue weighted by atomic mass is 32.2. The first-order valence-electron chi connectivity index (χ1n) is 10.2. The molecule has 1 aromatic heterocycles. The second kappa shape index (κ2) is 10.5. The summed E-state index contributed by atoms with van der Waals surface area (Å²) in [7, 11) is 0. The Balaban J connectivity index is 1.72. The molecule has 8 nitrogen and oxygen atoms in total. The molecule has 1 saturated heterocycles. The highest BCUT2D eigenvalue weighted by molar-refractivity contribution is 7.99. The van der Waals surface area contributed by atoms with Crippen molar-refractivity contribution in [1.82, 2.24) is 14.8 Å². The Kier molecular flexibility index (Phi) is 7.71. The average molecular weight is 429 g/mol. The van der Waals surface area contributed by atoms with E-state index in [-0.39, 0.29) is 18.1 Å². The summed E-state index contributed by atoms with van der Waals surface area (Å²) in [6, 6.07) is 8.08. The lowest BCUT2D eigenvalue weighted by Gasteiger charge is -2.27. The van der Waals surface area contributed by atoms with Crippen molar-refractivity contribution in [2.45, 2.75) is 38.9 Å². The Morgan fingerprint density at radius 3 is 2.70 bits per heavy atom. The van der Waals surface area contributed by atoms with Crippen LogP contribution >= 0.6 is 11.8 Å². The number of nitriles is 1. The molecule has 0 bridgehead atoms. The van der Waals surface area contributed by atoms with E-state index >= 15 is 0 Å². The number of aromatic nitrogens is 3. The van der Waals surface area contributed by atoms with Crippen LogP contribution in [0.1, 0.15) is 24.5 Å². The molecular weight excluding hydrogens is 400 g/mol. The first-order valence-corrected chi connectivity index (χ1v) is 11.2. The van der Waals surface area contributed by atoms with E-state index in [9.17, 15) is 4.79 Å². The summed E-state index contributed by atoms with van der Waals surface area (Å²) in [5.74, 6) is 1.02. The van der Waals surface area contributed by atoms with Gasteiger partial charge in [-0.05, 0) is 44.0 Å². The molecule has 0 aliphatic carbocycles. The number of anilines is 2. The molecule has 0 N–H and O–H groups in total. The minimum Gasteiger partial charge on any atom is -0.378 e. The molecular formula is C21H28N6O2S. The van der Waals surface area contributed by atoms with Gasteiger partial charge in [0.1, 0.15) is 0 Å². The third-order valence-corrected chi connectivity index (χ3v) is 6.13. The highest BCUT2D eigenvalue weighted by Crippen LogP contribution is 2.25. The van der Waals surface area contributed by atoms with Crippen molar-refractivity contribution in [1.29, 1.82) is 5.26 Å². The number of ether oxygens (including phenoxy) is 1. The monoisotopic (exact) mass is 428 g/mol. The standard InChI is InChI=1S/C21H28N6O2S/c1-4-26-20(25-10-12-29-13-11-25)23-24-21(26)30-15-19(28)27(9-5-8-22)18-7-6-16(2)17(3)14-18/h6-7,14H,4-5,9-13,15H2,1-3H3. The first-order chi connectivity index (χ1) is 14.5. The molecule has 1 fully saturated rings. The van der Waals surface area contributed by atoms with Gasteiger partial charge in [-0.15, -0.1) is 10.2 Å². The van der Waals surface area contributed by atoms with Gasteiger partial charge in [0.25, 0.3) is 0 Å². The lowest BCUT2D eigenvalue weighted by Crippen LogP contribution is -2.38. The molecule has 1 amide bonds. The van der Waals surface area contributed by atoms with Gasteiger partial charge in [0.05, 0.1) is 31.5 Å². The molecule has 2 aromatic rings. The molecule has 0 spiro atoms. The van der Waals surface area contributed by atoms with Crippen LogP contribution in [-0.2, 0) is 16.1 Å². The Labute approximate surface area is 181 Å². The van der Waals surface area contributed by atoms with Crippen LogP contribution in [-0.4, -0.2) is 59.3 Å². The van der Waals surface area contributed by atoms with Gasteiger partial charge < -0.3 is 14.5 Å². The zero-order valence-corrected chi connectivity index (χ0v) is 18.6. The van der Waals surface area contributed by atoms with Gasteiger partial charge in [0.2, 0.25) is 11.9 Å². The molecule has 0 radical (unpaired) electrons. The number of morpholine rings is 1. The van der Waals surface area contributed by atoms with E-state index in [1.807, 2.05) is 43.5 Å². The Morgan fingerprint density at radius 1 is 1.27 bits per heavy atom. The van der Waals surface area contributed by atoms with E-state index in [0.29, 0.717) is 19.8 Å². The second-order valence-electron chi connectivity index (χ2n) is 7.14. The first kappa shape index (κ1) is 22.1. The predicted octanol–water partition coefficient (Wildman–Crippen LogP) is 2.79. The summed E-state index contributed by atoms with van der Waals surface area (Å²) in [4.78, 5) is 16.9. The number of amides is 1. The quantitative estimate of drug-likeness (QED) is 0.598. The molecule has 1 aromatic carbocycles. The summed E-state index contributed by atoms with van der Waals surface area (Å²) in [6.07, 6.45) is 0.287. The Hall–Kier alpha value is -2.57. The van der Waals surface area contributed by atoms with Gasteiger partial charge in [-0.2, -0.15) is 5.26 Å². The molecule has 2 heterocycles. The summed E-state index contributed by atoms with van der Waals surface area (Å²) in [5.41, 5.74) is 3.12. The van der Waals surface area contributed by atoms with Crippen molar-refractivity contribution in [2.75, 3.05) is 48.4 Å². The molecule has 0 saturated carbocycles. The molecule has 3 rings (SSSR count). The van der Waals surface area contributed by atoms with E-state index in [1.54, 1.807) is 4.90 Å². The summed E-state index contributed by atoms with van der Waals surface area (Å²) >= 11 is 1.39. The molecule has 0 atom stereocenters. The fourth-order valence-corrected chi connectivity index (χ4v) is 4.19. The van der Waals surface area contributed by atoms with Crippen molar-refractivity contribution < 1.29 is 9.53 Å². The number of rotatable bonds is 8. The van der Waals surface area contributed by atoms with Crippen LogP contribution in [0, 0.1) is 25.2 Å². The Bertz CT molecular complexity index is 917. The van der Waals surface area contributed by atoms with Crippen molar-refractivity contribution in [2.24, 2.45) is 0 Å². The van der Waals surface area contributed by atoms with Crippen molar-refractivity contribution in [3.8, 4) is 6.07 Å². The third kappa shape index (κ3) is 5.12. The maximum atomic E-state index is 13.0. The lowest BCUT2D eigenvalue weighted by molar-refractivity contribution is -0.116. The van der Waals surface area contributed by atoms with Crippen LogP contribution in [0.5, 0.6) is 0 Å². The topological polar surface area (TPSA) is 87.3 Å². The normalized spacial score (nSPS) is 13.9. The van der Waals surface area contributed by atoms with E-state index in [4.69, 9.17) is 10.00 Å². The van der Waals surface area contributed by atoms with Gasteiger partial charge in [-0.1, -0.05) is 17.8 Å². The lowest BCUT2D eigenvalue weighted by atomic mass is 10.1. The molecule has 9 heteroatoms. The number of carbonyl (C=O) groups excluding carboxylic acids is 1. The van der Waals surface area contributed by atoms with Crippen LogP contribution in [0.3, 0.4) is 0 Å². The number of hydrogen-bond donors (Lipinski definition) is 0. The van der Waals surface area contributed by atoms with Crippen molar-refractivity contribution in [3.63, 3.8) is 0 Å². The van der Waals surface area contributed by atoms with E-state index < -0.39 is 0 Å². The minimum absolute atomic E-state index is 0.0444. The van der Waals surface area contributed by atoms with Gasteiger partial charge in [-0.3, -0.25) is 9.36 Å². The number of thioether (sulfide) groups is 1. The van der Waals surface area contributed by atoms with Gasteiger partial charge in [0.15, 0.2) is 5.16 Å². The number of hydrogen-bond acceptors (Lipinski definition) is 7. The Morgan fingerprint density at radius 2 is 2.03 bits per heavy atom. The van der Waals surface area contributed by atoms with Crippen molar-refractivity contribution >= 4 is 29.3 Å². The highest BCUT2D eigenvalue weighted by Gasteiger charge is 2.22. The zero-order chi connectivity index (χ0) is 21.5. The molecule has 160 valence electrons. The number of nitrogens with zero attached hydrogens (tertiary/aromatic N) is 6. The predicted molar refractivity (Wildman–Crippen MR) is 118 cm³/mol. The van der Waals surface area contributed by atoms with Crippen LogP contribution in [0.15, 0.2) is 23.4 Å². The zero-order valence-electron chi connectivity index (χ0n) is 17.8. The fraction of sp³-hybridized carbons (Fsp3) is 0.524. The van der Waals surface area contributed by atoms with Crippen LogP contribution in [0.25, 0.3) is 0 Å². The average Bonchev–Trinajstić information content (AvgIpc) is 3.18. The van der Waals surface area contributed by atoms with Crippen molar-refractivity contribution in [3.05, 3.63) is 29.3 Å². The minimum atomic E-state index is -0.0444. The van der Waals surface area contributed by atoms with E-state index in [0.717, 1.165) is 42.0 Å². The summed E-state index contributed by atoms with van der Waals surface area (Å²) in [6.45, 7) is 10.2. The maximum Gasteiger partial charge on any atom is 0.237 e.